The molecule has 3 N–H and O–H groups in total. The van der Waals surface area contributed by atoms with Crippen LogP contribution < -0.4 is 5.73 Å². The van der Waals surface area contributed by atoms with Crippen molar-refractivity contribution in [2.75, 3.05) is 12.3 Å². The van der Waals surface area contributed by atoms with Gasteiger partial charge in [0.1, 0.15) is 0 Å². The van der Waals surface area contributed by atoms with Gasteiger partial charge >= 0.3 is 0 Å². The summed E-state index contributed by atoms with van der Waals surface area (Å²) in [6.07, 6.45) is 0.0620. The molecule has 0 aromatic heterocycles. The molecular weight excluding hydrogens is 166 g/mol. The predicted octanol–water partition coefficient (Wildman–Crippen LogP) is 1.69. The summed E-state index contributed by atoms with van der Waals surface area (Å²) in [6, 6.07) is 7.01. The van der Waals surface area contributed by atoms with Crippen LogP contribution in [0.5, 0.6) is 0 Å². The molecule has 0 radical (unpaired) electrons. The monoisotopic (exact) mass is 181 g/mol. The quantitative estimate of drug-likeness (QED) is 0.549. The zero-order valence-corrected chi connectivity index (χ0v) is 7.73. The van der Waals surface area contributed by atoms with Crippen LogP contribution in [0.25, 0.3) is 0 Å². The van der Waals surface area contributed by atoms with Crippen molar-refractivity contribution in [1.82, 2.24) is 0 Å². The van der Waals surface area contributed by atoms with Crippen molar-refractivity contribution in [3.05, 3.63) is 29.8 Å². The maximum Gasteiger partial charge on any atom is 0.181 e. The minimum Gasteiger partial charge on any atom is -0.399 e. The zero-order valence-electron chi connectivity index (χ0n) is 7.73. The van der Waals surface area contributed by atoms with Crippen LogP contribution in [0, 0.1) is 0 Å². The van der Waals surface area contributed by atoms with Crippen LogP contribution in [0.15, 0.2) is 24.3 Å². The molecule has 1 unspecified atom stereocenters. The summed E-state index contributed by atoms with van der Waals surface area (Å²) in [7, 11) is 0. The highest BCUT2D eigenvalue weighted by Crippen LogP contribution is 2.15. The Labute approximate surface area is 78.1 Å². The number of nitrogens with two attached hydrogens (primary N) is 1. The molecule has 0 saturated heterocycles. The number of anilines is 1. The van der Waals surface area contributed by atoms with Crippen molar-refractivity contribution in [3.8, 4) is 0 Å². The summed E-state index contributed by atoms with van der Waals surface area (Å²) >= 11 is 0. The number of hydrogen-bond donors (Lipinski definition) is 2. The number of ether oxygens (including phenoxy) is 1. The average molecular weight is 181 g/mol. The van der Waals surface area contributed by atoms with E-state index in [1.165, 1.54) is 0 Å². The third-order valence-corrected chi connectivity index (χ3v) is 1.70. The maximum absolute atomic E-state index is 9.48. The Bertz CT molecular complexity index is 246. The van der Waals surface area contributed by atoms with E-state index in [2.05, 4.69) is 0 Å². The van der Waals surface area contributed by atoms with Crippen LogP contribution in [0.2, 0.25) is 0 Å². The van der Waals surface area contributed by atoms with E-state index < -0.39 is 6.29 Å². The molecule has 0 amide bonds. The number of nitrogen functional groups attached to an aromatic ring is 1. The highest BCUT2D eigenvalue weighted by Gasteiger charge is 2.05. The Morgan fingerprint density at radius 1 is 1.38 bits per heavy atom. The minimum absolute atomic E-state index is 0.561. The fourth-order valence-corrected chi connectivity index (χ4v) is 0.986. The lowest BCUT2D eigenvalue weighted by molar-refractivity contribution is -0.102. The average Bonchev–Trinajstić information content (AvgIpc) is 2.15. The van der Waals surface area contributed by atoms with Gasteiger partial charge in [-0.2, -0.15) is 0 Å². The van der Waals surface area contributed by atoms with Crippen LogP contribution in [0.3, 0.4) is 0 Å². The second-order valence-electron chi connectivity index (χ2n) is 2.89. The van der Waals surface area contributed by atoms with Crippen molar-refractivity contribution in [3.63, 3.8) is 0 Å². The molecule has 0 bridgehead atoms. The van der Waals surface area contributed by atoms with Gasteiger partial charge in [-0.15, -0.1) is 0 Å². The molecule has 0 spiro atoms. The van der Waals surface area contributed by atoms with E-state index in [0.717, 1.165) is 12.0 Å². The van der Waals surface area contributed by atoms with Gasteiger partial charge in [0.05, 0.1) is 0 Å². The van der Waals surface area contributed by atoms with Crippen LogP contribution in [-0.2, 0) is 4.74 Å². The van der Waals surface area contributed by atoms with Gasteiger partial charge in [-0.3, -0.25) is 0 Å². The summed E-state index contributed by atoms with van der Waals surface area (Å²) in [5.74, 6) is 0. The van der Waals surface area contributed by atoms with Crippen LogP contribution in [-0.4, -0.2) is 11.7 Å². The van der Waals surface area contributed by atoms with Gasteiger partial charge in [-0.25, -0.2) is 0 Å². The van der Waals surface area contributed by atoms with E-state index in [1.807, 2.05) is 6.92 Å². The van der Waals surface area contributed by atoms with Gasteiger partial charge in [0.2, 0.25) is 0 Å². The standard InChI is InChI=1S/C10H15NO2/c1-2-7-13-10(12)8-3-5-9(11)6-4-8/h3-6,10,12H,2,7,11H2,1H3. The topological polar surface area (TPSA) is 55.5 Å². The first kappa shape index (κ1) is 10.0. The molecule has 0 fully saturated rings. The summed E-state index contributed by atoms with van der Waals surface area (Å²) in [6.45, 7) is 2.56. The molecule has 3 nitrogen and oxygen atoms in total. The van der Waals surface area contributed by atoms with Gasteiger partial charge in [0.25, 0.3) is 0 Å². The van der Waals surface area contributed by atoms with Crippen molar-refractivity contribution in [2.45, 2.75) is 19.6 Å². The Balaban J connectivity index is 2.55. The molecule has 0 aliphatic heterocycles. The molecule has 1 rings (SSSR count). The SMILES string of the molecule is CCCOC(O)c1ccc(N)cc1. The van der Waals surface area contributed by atoms with Gasteiger partial charge < -0.3 is 15.6 Å². The highest BCUT2D eigenvalue weighted by molar-refractivity contribution is 5.39. The third kappa shape index (κ3) is 3.05. The van der Waals surface area contributed by atoms with Crippen LogP contribution in [0.1, 0.15) is 25.2 Å². The first-order chi connectivity index (χ1) is 6.24. The van der Waals surface area contributed by atoms with E-state index in [0.29, 0.717) is 12.3 Å². The number of rotatable bonds is 4. The smallest absolute Gasteiger partial charge is 0.181 e. The zero-order chi connectivity index (χ0) is 9.68. The van der Waals surface area contributed by atoms with Crippen molar-refractivity contribution >= 4 is 5.69 Å². The van der Waals surface area contributed by atoms with E-state index >= 15 is 0 Å². The van der Waals surface area contributed by atoms with E-state index in [1.54, 1.807) is 24.3 Å². The van der Waals surface area contributed by atoms with Crippen LogP contribution in [0.4, 0.5) is 5.69 Å². The van der Waals surface area contributed by atoms with E-state index in [9.17, 15) is 5.11 Å². The third-order valence-electron chi connectivity index (χ3n) is 1.70. The molecule has 0 saturated carbocycles. The molecule has 3 heteroatoms. The lowest BCUT2D eigenvalue weighted by Crippen LogP contribution is -2.03. The first-order valence-electron chi connectivity index (χ1n) is 4.39. The molecule has 0 heterocycles. The van der Waals surface area contributed by atoms with Gasteiger partial charge in [0.15, 0.2) is 6.29 Å². The fourth-order valence-electron chi connectivity index (χ4n) is 0.986. The first-order valence-corrected chi connectivity index (χ1v) is 4.39. The molecular formula is C10H15NO2. The second kappa shape index (κ2) is 4.84. The number of aliphatic hydroxyl groups is 1. The minimum atomic E-state index is -0.833. The lowest BCUT2D eigenvalue weighted by Gasteiger charge is -2.11. The van der Waals surface area contributed by atoms with Gasteiger partial charge in [-0.1, -0.05) is 19.1 Å². The molecule has 0 aliphatic rings. The molecule has 13 heavy (non-hydrogen) atoms. The predicted molar refractivity (Wildman–Crippen MR) is 52.1 cm³/mol. The molecule has 72 valence electrons. The number of benzene rings is 1. The van der Waals surface area contributed by atoms with Crippen molar-refractivity contribution in [1.29, 1.82) is 0 Å². The van der Waals surface area contributed by atoms with Crippen LogP contribution >= 0.6 is 0 Å². The fraction of sp³-hybridized carbons (Fsp3) is 0.400. The summed E-state index contributed by atoms with van der Waals surface area (Å²) in [5.41, 5.74) is 6.93. The number of aliphatic hydroxyl groups excluding tert-OH is 1. The maximum atomic E-state index is 9.48. The summed E-state index contributed by atoms with van der Waals surface area (Å²) in [5, 5.41) is 9.48. The molecule has 1 aromatic rings. The Hall–Kier alpha value is -1.06. The molecule has 1 atom stereocenters. The molecule has 1 aromatic carbocycles. The molecule has 0 aliphatic carbocycles. The van der Waals surface area contributed by atoms with Crippen molar-refractivity contribution in [2.24, 2.45) is 0 Å². The summed E-state index contributed by atoms with van der Waals surface area (Å²) in [4.78, 5) is 0. The summed E-state index contributed by atoms with van der Waals surface area (Å²) < 4.78 is 5.13. The van der Waals surface area contributed by atoms with Gasteiger partial charge in [-0.05, 0) is 18.6 Å². The number of hydrogen-bond acceptors (Lipinski definition) is 3. The van der Waals surface area contributed by atoms with Crippen molar-refractivity contribution < 1.29 is 9.84 Å². The second-order valence-corrected chi connectivity index (χ2v) is 2.89. The highest BCUT2D eigenvalue weighted by atomic mass is 16.6. The Kier molecular flexibility index (Phi) is 3.73. The van der Waals surface area contributed by atoms with E-state index in [4.69, 9.17) is 10.5 Å². The Morgan fingerprint density at radius 3 is 2.54 bits per heavy atom. The Morgan fingerprint density at radius 2 is 2.00 bits per heavy atom. The lowest BCUT2D eigenvalue weighted by atomic mass is 10.2. The van der Waals surface area contributed by atoms with E-state index in [-0.39, 0.29) is 0 Å². The van der Waals surface area contributed by atoms with Gasteiger partial charge in [0, 0.05) is 17.9 Å². The normalized spacial score (nSPS) is 12.8. The largest absolute Gasteiger partial charge is 0.399 e.